The smallest absolute Gasteiger partial charge is 0.303 e. The first-order valence-electron chi connectivity index (χ1n) is 4.74. The van der Waals surface area contributed by atoms with E-state index in [1.54, 1.807) is 0 Å². The number of rotatable bonds is 4. The molecule has 0 aliphatic carbocycles. The van der Waals surface area contributed by atoms with Crippen LogP contribution in [0, 0.1) is 0 Å². The number of carbonyl (C=O) groups is 1. The van der Waals surface area contributed by atoms with Crippen molar-refractivity contribution in [2.24, 2.45) is 0 Å². The zero-order chi connectivity index (χ0) is 12.2. The van der Waals surface area contributed by atoms with E-state index in [1.165, 1.54) is 12.1 Å². The van der Waals surface area contributed by atoms with Gasteiger partial charge in [0.25, 0.3) is 0 Å². The van der Waals surface area contributed by atoms with E-state index in [-0.39, 0.29) is 0 Å². The molecule has 0 N–H and O–H groups in total. The van der Waals surface area contributed by atoms with Gasteiger partial charge in [0.1, 0.15) is 6.29 Å². The molecule has 0 unspecified atom stereocenters. The van der Waals surface area contributed by atoms with Crippen molar-refractivity contribution in [3.8, 4) is 0 Å². The minimum Gasteiger partial charge on any atom is -0.303 e. The maximum absolute atomic E-state index is 12.3. The van der Waals surface area contributed by atoms with Crippen molar-refractivity contribution < 1.29 is 18.0 Å². The van der Waals surface area contributed by atoms with Crippen LogP contribution in [0.4, 0.5) is 13.2 Å². The zero-order valence-electron chi connectivity index (χ0n) is 8.55. The molecule has 0 saturated carbocycles. The van der Waals surface area contributed by atoms with Crippen LogP contribution in [0.2, 0.25) is 0 Å². The summed E-state index contributed by atoms with van der Waals surface area (Å²) in [4.78, 5) is 10.1. The van der Waals surface area contributed by atoms with Gasteiger partial charge in [0, 0.05) is 6.42 Å². The van der Waals surface area contributed by atoms with E-state index >= 15 is 0 Å². The van der Waals surface area contributed by atoms with Crippen molar-refractivity contribution >= 4 is 11.9 Å². The summed E-state index contributed by atoms with van der Waals surface area (Å²) in [5.74, 6) is 0. The second kappa shape index (κ2) is 4.96. The lowest BCUT2D eigenvalue weighted by Crippen LogP contribution is -2.04. The molecule has 0 spiro atoms. The van der Waals surface area contributed by atoms with Crippen LogP contribution in [0.5, 0.6) is 0 Å². The standard InChI is InChI=1S/C12H11F3O/c1-9(3-2-8-16)10-4-6-11(7-5-10)12(13,14)15/h4-8H,1-3H2. The number of benzene rings is 1. The van der Waals surface area contributed by atoms with Crippen molar-refractivity contribution in [1.82, 2.24) is 0 Å². The molecule has 1 rings (SSSR count). The fourth-order valence-electron chi connectivity index (χ4n) is 1.27. The van der Waals surface area contributed by atoms with Crippen molar-refractivity contribution in [2.45, 2.75) is 19.0 Å². The van der Waals surface area contributed by atoms with Gasteiger partial charge < -0.3 is 4.79 Å². The highest BCUT2D eigenvalue weighted by atomic mass is 19.4. The van der Waals surface area contributed by atoms with E-state index in [2.05, 4.69) is 6.58 Å². The molecule has 1 nitrogen and oxygen atoms in total. The van der Waals surface area contributed by atoms with E-state index in [4.69, 9.17) is 0 Å². The molecule has 0 heterocycles. The molecule has 0 amide bonds. The van der Waals surface area contributed by atoms with E-state index in [1.807, 2.05) is 0 Å². The van der Waals surface area contributed by atoms with Gasteiger partial charge in [-0.05, 0) is 29.7 Å². The van der Waals surface area contributed by atoms with Gasteiger partial charge in [0.2, 0.25) is 0 Å². The molecule has 0 bridgehead atoms. The van der Waals surface area contributed by atoms with Gasteiger partial charge in [-0.3, -0.25) is 0 Å². The van der Waals surface area contributed by atoms with Crippen molar-refractivity contribution in [1.29, 1.82) is 0 Å². The number of halogens is 3. The van der Waals surface area contributed by atoms with Crippen LogP contribution in [-0.4, -0.2) is 6.29 Å². The summed E-state index contributed by atoms with van der Waals surface area (Å²) in [6.45, 7) is 3.71. The summed E-state index contributed by atoms with van der Waals surface area (Å²) in [6.07, 6.45) is -2.76. The molecule has 0 atom stereocenters. The molecule has 0 fully saturated rings. The fraction of sp³-hybridized carbons (Fsp3) is 0.250. The maximum atomic E-state index is 12.3. The van der Waals surface area contributed by atoms with Crippen molar-refractivity contribution in [2.75, 3.05) is 0 Å². The third kappa shape index (κ3) is 3.22. The van der Waals surface area contributed by atoms with Crippen LogP contribution in [-0.2, 0) is 11.0 Å². The quantitative estimate of drug-likeness (QED) is 0.718. The van der Waals surface area contributed by atoms with Crippen LogP contribution in [0.3, 0.4) is 0 Å². The van der Waals surface area contributed by atoms with Gasteiger partial charge in [-0.15, -0.1) is 0 Å². The van der Waals surface area contributed by atoms with Crippen LogP contribution in [0.1, 0.15) is 24.0 Å². The van der Waals surface area contributed by atoms with Crippen molar-refractivity contribution in [3.05, 3.63) is 42.0 Å². The summed E-state index contributed by atoms with van der Waals surface area (Å²) < 4.78 is 36.8. The first kappa shape index (κ1) is 12.5. The molecule has 0 aliphatic rings. The average Bonchev–Trinajstić information content (AvgIpc) is 2.25. The predicted molar refractivity (Wildman–Crippen MR) is 55.8 cm³/mol. The molecule has 16 heavy (non-hydrogen) atoms. The highest BCUT2D eigenvalue weighted by molar-refractivity contribution is 5.66. The first-order chi connectivity index (χ1) is 7.45. The van der Waals surface area contributed by atoms with Gasteiger partial charge >= 0.3 is 6.18 Å². The van der Waals surface area contributed by atoms with Gasteiger partial charge in [0.15, 0.2) is 0 Å². The topological polar surface area (TPSA) is 17.1 Å². The Balaban J connectivity index is 2.79. The third-order valence-corrected chi connectivity index (χ3v) is 2.18. The number of carbonyl (C=O) groups excluding carboxylic acids is 1. The molecule has 86 valence electrons. The SMILES string of the molecule is C=C(CCC=O)c1ccc(C(F)(F)F)cc1. The summed E-state index contributed by atoms with van der Waals surface area (Å²) in [6, 6.07) is 4.77. The molecular formula is C12H11F3O. The van der Waals surface area contributed by atoms with Crippen LogP contribution in [0.25, 0.3) is 5.57 Å². The van der Waals surface area contributed by atoms with E-state index in [0.717, 1.165) is 18.4 Å². The summed E-state index contributed by atoms with van der Waals surface area (Å²) in [5, 5.41) is 0. The Bertz CT molecular complexity index is 376. The fourth-order valence-corrected chi connectivity index (χ4v) is 1.27. The second-order valence-electron chi connectivity index (χ2n) is 3.38. The monoisotopic (exact) mass is 228 g/mol. The number of hydrogen-bond acceptors (Lipinski definition) is 1. The minimum absolute atomic E-state index is 0.333. The molecule has 1 aromatic rings. The summed E-state index contributed by atoms with van der Waals surface area (Å²) >= 11 is 0. The zero-order valence-corrected chi connectivity index (χ0v) is 8.55. The predicted octanol–water partition coefficient (Wildman–Crippen LogP) is 3.70. The van der Waals surface area contributed by atoms with Gasteiger partial charge in [-0.1, -0.05) is 18.7 Å². The van der Waals surface area contributed by atoms with E-state index in [9.17, 15) is 18.0 Å². The van der Waals surface area contributed by atoms with Crippen molar-refractivity contribution in [3.63, 3.8) is 0 Å². The Kier molecular flexibility index (Phi) is 3.88. The molecular weight excluding hydrogens is 217 g/mol. The number of hydrogen-bond donors (Lipinski definition) is 0. The Morgan fingerprint density at radius 3 is 2.25 bits per heavy atom. The Labute approximate surface area is 91.6 Å². The average molecular weight is 228 g/mol. The molecule has 0 radical (unpaired) electrons. The first-order valence-corrected chi connectivity index (χ1v) is 4.74. The Morgan fingerprint density at radius 1 is 1.25 bits per heavy atom. The lowest BCUT2D eigenvalue weighted by molar-refractivity contribution is -0.137. The molecule has 4 heteroatoms. The van der Waals surface area contributed by atoms with E-state index < -0.39 is 11.7 Å². The number of allylic oxidation sites excluding steroid dienone is 1. The van der Waals surface area contributed by atoms with Crippen LogP contribution < -0.4 is 0 Å². The second-order valence-corrected chi connectivity index (χ2v) is 3.38. The van der Waals surface area contributed by atoms with Gasteiger partial charge in [0.05, 0.1) is 5.56 Å². The molecule has 0 aliphatic heterocycles. The lowest BCUT2D eigenvalue weighted by atomic mass is 10.0. The maximum Gasteiger partial charge on any atom is 0.416 e. The highest BCUT2D eigenvalue weighted by Gasteiger charge is 2.29. The molecule has 0 saturated heterocycles. The van der Waals surface area contributed by atoms with Crippen LogP contribution >= 0.6 is 0 Å². The largest absolute Gasteiger partial charge is 0.416 e. The highest BCUT2D eigenvalue weighted by Crippen LogP contribution is 2.30. The Morgan fingerprint density at radius 2 is 1.81 bits per heavy atom. The number of alkyl halides is 3. The normalized spacial score (nSPS) is 11.2. The number of aldehydes is 1. The van der Waals surface area contributed by atoms with Crippen LogP contribution in [0.15, 0.2) is 30.8 Å². The Hall–Kier alpha value is -1.58. The lowest BCUT2D eigenvalue weighted by Gasteiger charge is -2.08. The minimum atomic E-state index is -4.32. The molecule has 0 aromatic heterocycles. The van der Waals surface area contributed by atoms with Gasteiger partial charge in [-0.2, -0.15) is 13.2 Å². The third-order valence-electron chi connectivity index (χ3n) is 2.18. The summed E-state index contributed by atoms with van der Waals surface area (Å²) in [7, 11) is 0. The summed E-state index contributed by atoms with van der Waals surface area (Å²) in [5.41, 5.74) is 0.620. The van der Waals surface area contributed by atoms with Gasteiger partial charge in [-0.25, -0.2) is 0 Å². The molecule has 1 aromatic carbocycles. The van der Waals surface area contributed by atoms with E-state index in [0.29, 0.717) is 24.0 Å².